The summed E-state index contributed by atoms with van der Waals surface area (Å²) in [5.74, 6) is -0.147. The number of aromatic nitrogens is 2. The van der Waals surface area contributed by atoms with Gasteiger partial charge in [-0.3, -0.25) is 4.79 Å². The number of benzene rings is 2. The van der Waals surface area contributed by atoms with Crippen molar-refractivity contribution in [3.63, 3.8) is 0 Å². The average Bonchev–Trinajstić information content (AvgIpc) is 3.27. The van der Waals surface area contributed by atoms with E-state index in [1.54, 1.807) is 23.1 Å². The number of aromatic amines is 1. The van der Waals surface area contributed by atoms with E-state index in [-0.39, 0.29) is 11.9 Å². The Morgan fingerprint density at radius 1 is 1.23 bits per heavy atom. The largest absolute Gasteiger partial charge is 0.423 e. The number of anilines is 1. The molecule has 0 aliphatic rings. The van der Waals surface area contributed by atoms with Crippen molar-refractivity contribution in [2.75, 3.05) is 19.0 Å². The van der Waals surface area contributed by atoms with E-state index in [1.807, 2.05) is 51.5 Å². The Kier molecular flexibility index (Phi) is 3.88. The number of para-hydroxylation sites is 1. The molecule has 1 amide bonds. The van der Waals surface area contributed by atoms with Gasteiger partial charge in [0, 0.05) is 25.9 Å². The van der Waals surface area contributed by atoms with Crippen LogP contribution in [0.3, 0.4) is 0 Å². The third kappa shape index (κ3) is 2.79. The minimum atomic E-state index is -0.147. The van der Waals surface area contributed by atoms with Crippen molar-refractivity contribution >= 4 is 33.9 Å². The lowest BCUT2D eigenvalue weighted by molar-refractivity contribution is 0.0940. The number of nitrogens with one attached hydrogen (secondary N) is 2. The molecule has 6 heteroatoms. The first kappa shape index (κ1) is 16.2. The van der Waals surface area contributed by atoms with Crippen LogP contribution in [0.5, 0.6) is 0 Å². The topological polar surface area (TPSA) is 74.2 Å². The van der Waals surface area contributed by atoms with Crippen LogP contribution in [0.1, 0.15) is 28.9 Å². The molecule has 0 saturated carbocycles. The molecule has 0 spiro atoms. The molecule has 0 aliphatic carbocycles. The number of nitrogens with zero attached hydrogens (tertiary/aromatic N) is 2. The van der Waals surface area contributed by atoms with Crippen LogP contribution in [-0.4, -0.2) is 30.0 Å². The summed E-state index contributed by atoms with van der Waals surface area (Å²) in [6.45, 7) is 1.98. The number of amides is 1. The van der Waals surface area contributed by atoms with Crippen molar-refractivity contribution < 1.29 is 9.21 Å². The number of rotatable bonds is 4. The van der Waals surface area contributed by atoms with E-state index in [0.717, 1.165) is 22.0 Å². The molecule has 2 N–H and O–H groups in total. The number of hydrogen-bond donors (Lipinski definition) is 2. The second-order valence-corrected chi connectivity index (χ2v) is 6.56. The lowest BCUT2D eigenvalue weighted by Crippen LogP contribution is -2.26. The molecule has 4 rings (SSSR count). The Labute approximate surface area is 150 Å². The van der Waals surface area contributed by atoms with Gasteiger partial charge in [-0.1, -0.05) is 18.2 Å². The van der Waals surface area contributed by atoms with Crippen molar-refractivity contribution in [3.8, 4) is 0 Å². The standard InChI is InChI=1S/C20H20N4O2/c1-12(15-6-4-5-13-9-10-21-18(13)15)22-19(25)14-7-8-16-17(11-14)26-20(23-16)24(2)3/h4-12,21H,1-3H3,(H,22,25). The molecule has 1 unspecified atom stereocenters. The van der Waals surface area contributed by atoms with Gasteiger partial charge in [0.1, 0.15) is 5.52 Å². The summed E-state index contributed by atoms with van der Waals surface area (Å²) in [5, 5.41) is 4.18. The Balaban J connectivity index is 1.59. The molecule has 0 bridgehead atoms. The summed E-state index contributed by atoms with van der Waals surface area (Å²) < 4.78 is 5.69. The number of hydrogen-bond acceptors (Lipinski definition) is 4. The van der Waals surface area contributed by atoms with Crippen molar-refractivity contribution in [3.05, 3.63) is 59.8 Å². The fraction of sp³-hybridized carbons (Fsp3) is 0.200. The first-order valence-corrected chi connectivity index (χ1v) is 8.48. The summed E-state index contributed by atoms with van der Waals surface area (Å²) in [7, 11) is 3.72. The van der Waals surface area contributed by atoms with Gasteiger partial charge >= 0.3 is 0 Å². The minimum absolute atomic E-state index is 0.132. The highest BCUT2D eigenvalue weighted by molar-refractivity contribution is 5.97. The Morgan fingerprint density at radius 2 is 2.08 bits per heavy atom. The van der Waals surface area contributed by atoms with Crippen molar-refractivity contribution in [2.24, 2.45) is 0 Å². The van der Waals surface area contributed by atoms with Crippen LogP contribution in [0.2, 0.25) is 0 Å². The molecule has 6 nitrogen and oxygen atoms in total. The van der Waals surface area contributed by atoms with Gasteiger partial charge in [-0.05, 0) is 42.1 Å². The Bertz CT molecular complexity index is 1090. The van der Waals surface area contributed by atoms with Crippen LogP contribution < -0.4 is 10.2 Å². The molecule has 2 heterocycles. The van der Waals surface area contributed by atoms with Gasteiger partial charge in [-0.2, -0.15) is 4.98 Å². The zero-order valence-corrected chi connectivity index (χ0v) is 14.9. The smallest absolute Gasteiger partial charge is 0.297 e. The summed E-state index contributed by atoms with van der Waals surface area (Å²) in [6.07, 6.45) is 1.91. The van der Waals surface area contributed by atoms with Crippen LogP contribution in [0.4, 0.5) is 6.01 Å². The third-order valence-corrected chi connectivity index (χ3v) is 4.46. The van der Waals surface area contributed by atoms with Gasteiger partial charge in [-0.15, -0.1) is 0 Å². The first-order chi connectivity index (χ1) is 12.5. The van der Waals surface area contributed by atoms with E-state index >= 15 is 0 Å². The SMILES string of the molecule is CC(NC(=O)c1ccc2nc(N(C)C)oc2c1)c1cccc2cc[nH]c12. The van der Waals surface area contributed by atoms with Crippen molar-refractivity contribution in [1.29, 1.82) is 0 Å². The Morgan fingerprint density at radius 3 is 2.88 bits per heavy atom. The molecule has 26 heavy (non-hydrogen) atoms. The molecule has 2 aromatic heterocycles. The highest BCUT2D eigenvalue weighted by atomic mass is 16.4. The van der Waals surface area contributed by atoms with Gasteiger partial charge in [0.05, 0.1) is 11.6 Å². The molecule has 0 aliphatic heterocycles. The maximum Gasteiger partial charge on any atom is 0.297 e. The fourth-order valence-electron chi connectivity index (χ4n) is 3.07. The quantitative estimate of drug-likeness (QED) is 0.587. The molecule has 0 fully saturated rings. The fourth-order valence-corrected chi connectivity index (χ4v) is 3.07. The molecule has 0 radical (unpaired) electrons. The zero-order valence-electron chi connectivity index (χ0n) is 14.9. The van der Waals surface area contributed by atoms with Gasteiger partial charge in [-0.25, -0.2) is 0 Å². The van der Waals surface area contributed by atoms with Gasteiger partial charge in [0.15, 0.2) is 5.58 Å². The number of carbonyl (C=O) groups is 1. The highest BCUT2D eigenvalue weighted by Crippen LogP contribution is 2.24. The number of oxazole rings is 1. The number of fused-ring (bicyclic) bond motifs is 2. The third-order valence-electron chi connectivity index (χ3n) is 4.46. The van der Waals surface area contributed by atoms with E-state index in [1.165, 1.54) is 0 Å². The van der Waals surface area contributed by atoms with Crippen LogP contribution in [-0.2, 0) is 0 Å². The molecule has 1 atom stereocenters. The summed E-state index contributed by atoms with van der Waals surface area (Å²) >= 11 is 0. The lowest BCUT2D eigenvalue weighted by Gasteiger charge is -2.15. The van der Waals surface area contributed by atoms with Crippen molar-refractivity contribution in [1.82, 2.24) is 15.3 Å². The van der Waals surface area contributed by atoms with Crippen molar-refractivity contribution in [2.45, 2.75) is 13.0 Å². The molecule has 4 aromatic rings. The summed E-state index contributed by atoms with van der Waals surface area (Å²) in [5.41, 5.74) is 3.97. The average molecular weight is 348 g/mol. The molecule has 132 valence electrons. The van der Waals surface area contributed by atoms with Crippen LogP contribution in [0, 0.1) is 0 Å². The first-order valence-electron chi connectivity index (χ1n) is 8.48. The van der Waals surface area contributed by atoms with E-state index < -0.39 is 0 Å². The minimum Gasteiger partial charge on any atom is -0.423 e. The monoisotopic (exact) mass is 348 g/mol. The van der Waals surface area contributed by atoms with Gasteiger partial charge in [0.2, 0.25) is 0 Å². The lowest BCUT2D eigenvalue weighted by atomic mass is 10.0. The molecule has 0 saturated heterocycles. The van der Waals surface area contributed by atoms with E-state index in [9.17, 15) is 4.79 Å². The maximum absolute atomic E-state index is 12.7. The highest BCUT2D eigenvalue weighted by Gasteiger charge is 2.16. The Hall–Kier alpha value is -3.28. The summed E-state index contributed by atoms with van der Waals surface area (Å²) in [6, 6.07) is 13.8. The van der Waals surface area contributed by atoms with E-state index in [2.05, 4.69) is 15.3 Å². The maximum atomic E-state index is 12.7. The van der Waals surface area contributed by atoms with Crippen LogP contribution in [0.15, 0.2) is 53.1 Å². The van der Waals surface area contributed by atoms with Crippen LogP contribution in [0.25, 0.3) is 22.0 Å². The predicted molar refractivity (Wildman–Crippen MR) is 103 cm³/mol. The van der Waals surface area contributed by atoms with Gasteiger partial charge in [0.25, 0.3) is 11.9 Å². The van der Waals surface area contributed by atoms with Crippen LogP contribution >= 0.6 is 0 Å². The van der Waals surface area contributed by atoms with E-state index in [0.29, 0.717) is 17.2 Å². The number of carbonyl (C=O) groups excluding carboxylic acids is 1. The molecule has 2 aromatic carbocycles. The van der Waals surface area contributed by atoms with E-state index in [4.69, 9.17) is 4.42 Å². The molecular weight excluding hydrogens is 328 g/mol. The molecular formula is C20H20N4O2. The zero-order chi connectivity index (χ0) is 18.3. The number of H-pyrrole nitrogens is 1. The normalized spacial score (nSPS) is 12.4. The van der Waals surface area contributed by atoms with Gasteiger partial charge < -0.3 is 19.6 Å². The second kappa shape index (κ2) is 6.22. The second-order valence-electron chi connectivity index (χ2n) is 6.56. The predicted octanol–water partition coefficient (Wildman–Crippen LogP) is 3.87. The summed E-state index contributed by atoms with van der Waals surface area (Å²) in [4.78, 5) is 22.1.